The maximum absolute atomic E-state index is 6.48. The molecule has 1 aromatic heterocycles. The first-order chi connectivity index (χ1) is 8.63. The first kappa shape index (κ1) is 13.9. The predicted molar refractivity (Wildman–Crippen MR) is 76.5 cm³/mol. The zero-order valence-electron chi connectivity index (χ0n) is 11.7. The Kier molecular flexibility index (Phi) is 4.73. The van der Waals surface area contributed by atoms with Gasteiger partial charge in [0.15, 0.2) is 0 Å². The van der Waals surface area contributed by atoms with E-state index in [0.717, 1.165) is 30.4 Å². The summed E-state index contributed by atoms with van der Waals surface area (Å²) in [6.45, 7) is 6.91. The molecule has 0 aliphatic heterocycles. The van der Waals surface area contributed by atoms with E-state index in [2.05, 4.69) is 30.4 Å². The SMILES string of the molecule is CCCc1nnsc1C(N)C1CCC(C)C(C)C1. The van der Waals surface area contributed by atoms with Crippen molar-refractivity contribution in [3.05, 3.63) is 10.6 Å². The van der Waals surface area contributed by atoms with Crippen molar-refractivity contribution < 1.29 is 0 Å². The number of aromatic nitrogens is 2. The highest BCUT2D eigenvalue weighted by Gasteiger charge is 2.31. The van der Waals surface area contributed by atoms with E-state index >= 15 is 0 Å². The van der Waals surface area contributed by atoms with E-state index in [1.165, 1.54) is 35.7 Å². The third kappa shape index (κ3) is 2.91. The van der Waals surface area contributed by atoms with Crippen LogP contribution in [0.3, 0.4) is 0 Å². The summed E-state index contributed by atoms with van der Waals surface area (Å²) < 4.78 is 4.10. The summed E-state index contributed by atoms with van der Waals surface area (Å²) in [5.41, 5.74) is 7.62. The van der Waals surface area contributed by atoms with Crippen LogP contribution in [-0.2, 0) is 6.42 Å². The summed E-state index contributed by atoms with van der Waals surface area (Å²) in [5.74, 6) is 2.27. The van der Waals surface area contributed by atoms with Crippen molar-refractivity contribution in [3.8, 4) is 0 Å². The molecule has 0 amide bonds. The van der Waals surface area contributed by atoms with Gasteiger partial charge in [-0.05, 0) is 48.5 Å². The van der Waals surface area contributed by atoms with E-state index < -0.39 is 0 Å². The quantitative estimate of drug-likeness (QED) is 0.907. The maximum Gasteiger partial charge on any atom is 0.0803 e. The molecule has 102 valence electrons. The van der Waals surface area contributed by atoms with Crippen molar-refractivity contribution in [2.24, 2.45) is 23.5 Å². The molecule has 2 N–H and O–H groups in total. The van der Waals surface area contributed by atoms with Gasteiger partial charge in [0.1, 0.15) is 0 Å². The lowest BCUT2D eigenvalue weighted by Gasteiger charge is -2.35. The van der Waals surface area contributed by atoms with Gasteiger partial charge in [0.2, 0.25) is 0 Å². The van der Waals surface area contributed by atoms with Gasteiger partial charge < -0.3 is 5.73 Å². The summed E-state index contributed by atoms with van der Waals surface area (Å²) in [5, 5.41) is 4.24. The third-order valence-corrected chi connectivity index (χ3v) is 5.39. The predicted octanol–water partition coefficient (Wildman–Crippen LogP) is 3.56. The summed E-state index contributed by atoms with van der Waals surface area (Å²) >= 11 is 1.51. The smallest absolute Gasteiger partial charge is 0.0803 e. The lowest BCUT2D eigenvalue weighted by atomic mass is 9.73. The van der Waals surface area contributed by atoms with E-state index in [4.69, 9.17) is 5.73 Å². The number of rotatable bonds is 4. The molecule has 2 rings (SSSR count). The van der Waals surface area contributed by atoms with Crippen molar-refractivity contribution in [3.63, 3.8) is 0 Å². The molecule has 1 heterocycles. The molecule has 0 radical (unpaired) electrons. The number of nitrogens with zero attached hydrogens (tertiary/aromatic N) is 2. The number of hydrogen-bond donors (Lipinski definition) is 1. The standard InChI is InChI=1S/C14H25N3S/c1-4-5-12-14(18-17-16-12)13(15)11-7-6-9(2)10(3)8-11/h9-11,13H,4-8,15H2,1-3H3. The largest absolute Gasteiger partial charge is 0.323 e. The van der Waals surface area contributed by atoms with Crippen LogP contribution in [0.25, 0.3) is 0 Å². The molecule has 1 aliphatic rings. The molecule has 0 spiro atoms. The first-order valence-corrected chi connectivity index (χ1v) is 7.97. The fourth-order valence-electron chi connectivity index (χ4n) is 3.01. The van der Waals surface area contributed by atoms with E-state index in [1.54, 1.807) is 0 Å². The van der Waals surface area contributed by atoms with E-state index in [9.17, 15) is 0 Å². The van der Waals surface area contributed by atoms with Crippen molar-refractivity contribution in [1.29, 1.82) is 0 Å². The molecule has 0 saturated heterocycles. The van der Waals surface area contributed by atoms with Gasteiger partial charge in [-0.25, -0.2) is 0 Å². The van der Waals surface area contributed by atoms with Gasteiger partial charge in [-0.1, -0.05) is 38.1 Å². The summed E-state index contributed by atoms with van der Waals surface area (Å²) in [6, 6.07) is 0.154. The molecular formula is C14H25N3S. The van der Waals surface area contributed by atoms with Gasteiger partial charge in [-0.3, -0.25) is 0 Å². The Morgan fingerprint density at radius 2 is 2.11 bits per heavy atom. The van der Waals surface area contributed by atoms with Crippen molar-refractivity contribution >= 4 is 11.5 Å². The zero-order valence-corrected chi connectivity index (χ0v) is 12.5. The lowest BCUT2D eigenvalue weighted by Crippen LogP contribution is -2.29. The van der Waals surface area contributed by atoms with E-state index in [-0.39, 0.29) is 6.04 Å². The van der Waals surface area contributed by atoms with Gasteiger partial charge in [-0.2, -0.15) is 0 Å². The Bertz CT molecular complexity index is 377. The molecule has 0 aromatic carbocycles. The average molecular weight is 267 g/mol. The summed E-state index contributed by atoms with van der Waals surface area (Å²) in [7, 11) is 0. The lowest BCUT2D eigenvalue weighted by molar-refractivity contribution is 0.186. The normalized spacial score (nSPS) is 30.3. The van der Waals surface area contributed by atoms with Crippen LogP contribution in [-0.4, -0.2) is 9.59 Å². The van der Waals surface area contributed by atoms with Crippen molar-refractivity contribution in [2.75, 3.05) is 0 Å². The van der Waals surface area contributed by atoms with Gasteiger partial charge in [-0.15, -0.1) is 5.10 Å². The Morgan fingerprint density at radius 1 is 1.33 bits per heavy atom. The van der Waals surface area contributed by atoms with Gasteiger partial charge in [0, 0.05) is 6.04 Å². The van der Waals surface area contributed by atoms with Gasteiger partial charge in [0.25, 0.3) is 0 Å². The monoisotopic (exact) mass is 267 g/mol. The summed E-state index contributed by atoms with van der Waals surface area (Å²) in [4.78, 5) is 1.24. The molecule has 1 saturated carbocycles. The van der Waals surface area contributed by atoms with Crippen molar-refractivity contribution in [1.82, 2.24) is 9.59 Å². The van der Waals surface area contributed by atoms with Crippen LogP contribution < -0.4 is 5.73 Å². The second-order valence-electron chi connectivity index (χ2n) is 5.89. The molecule has 18 heavy (non-hydrogen) atoms. The molecule has 1 aliphatic carbocycles. The maximum atomic E-state index is 6.48. The van der Waals surface area contributed by atoms with Crippen LogP contribution in [0.2, 0.25) is 0 Å². The molecule has 3 nitrogen and oxygen atoms in total. The van der Waals surface area contributed by atoms with Crippen LogP contribution in [0.5, 0.6) is 0 Å². The first-order valence-electron chi connectivity index (χ1n) is 7.20. The number of aryl methyl sites for hydroxylation is 1. The highest BCUT2D eigenvalue weighted by Crippen LogP contribution is 2.40. The molecule has 1 fully saturated rings. The molecular weight excluding hydrogens is 242 g/mol. The van der Waals surface area contributed by atoms with E-state index in [0.29, 0.717) is 5.92 Å². The Hall–Kier alpha value is -0.480. The zero-order chi connectivity index (χ0) is 13.1. The second kappa shape index (κ2) is 6.11. The minimum atomic E-state index is 0.154. The second-order valence-corrected chi connectivity index (χ2v) is 6.67. The molecule has 4 heteroatoms. The highest BCUT2D eigenvalue weighted by atomic mass is 32.1. The topological polar surface area (TPSA) is 51.8 Å². The van der Waals surface area contributed by atoms with Crippen LogP contribution in [0.4, 0.5) is 0 Å². The molecule has 1 aromatic rings. The van der Waals surface area contributed by atoms with E-state index in [1.807, 2.05) is 0 Å². The highest BCUT2D eigenvalue weighted by molar-refractivity contribution is 7.05. The molecule has 4 unspecified atom stereocenters. The van der Waals surface area contributed by atoms with Crippen LogP contribution in [0.1, 0.15) is 63.1 Å². The van der Waals surface area contributed by atoms with Crippen LogP contribution >= 0.6 is 11.5 Å². The average Bonchev–Trinajstić information content (AvgIpc) is 2.80. The van der Waals surface area contributed by atoms with Gasteiger partial charge in [0.05, 0.1) is 10.6 Å². The fraction of sp³-hybridized carbons (Fsp3) is 0.857. The molecule has 4 atom stereocenters. The fourth-order valence-corrected chi connectivity index (χ4v) is 3.80. The minimum absolute atomic E-state index is 0.154. The minimum Gasteiger partial charge on any atom is -0.323 e. The summed E-state index contributed by atoms with van der Waals surface area (Å²) in [6.07, 6.45) is 5.96. The Morgan fingerprint density at radius 3 is 2.78 bits per heavy atom. The van der Waals surface area contributed by atoms with Crippen molar-refractivity contribution in [2.45, 2.75) is 58.9 Å². The third-order valence-electron chi connectivity index (χ3n) is 4.52. The van der Waals surface area contributed by atoms with Gasteiger partial charge >= 0.3 is 0 Å². The number of nitrogens with two attached hydrogens (primary N) is 1. The Balaban J connectivity index is 2.06. The van der Waals surface area contributed by atoms with Crippen LogP contribution in [0, 0.1) is 17.8 Å². The number of hydrogen-bond acceptors (Lipinski definition) is 4. The Labute approximate surface area is 114 Å². The molecule has 0 bridgehead atoms. The van der Waals surface area contributed by atoms with Crippen LogP contribution in [0.15, 0.2) is 0 Å².